The molecule has 2 aromatic carbocycles. The second-order valence-corrected chi connectivity index (χ2v) is 5.73. The molecule has 0 radical (unpaired) electrons. The second kappa shape index (κ2) is 7.95. The first-order chi connectivity index (χ1) is 11.5. The molecule has 2 aromatic rings. The van der Waals surface area contributed by atoms with Gasteiger partial charge in [0.2, 0.25) is 0 Å². The van der Waals surface area contributed by atoms with Gasteiger partial charge < -0.3 is 9.47 Å². The summed E-state index contributed by atoms with van der Waals surface area (Å²) in [7, 11) is 0. The highest BCUT2D eigenvalue weighted by atomic mass is 19.1. The van der Waals surface area contributed by atoms with Crippen molar-refractivity contribution < 1.29 is 18.7 Å². The second-order valence-electron chi connectivity index (χ2n) is 5.73. The molecule has 0 heterocycles. The van der Waals surface area contributed by atoms with Gasteiger partial charge in [-0.15, -0.1) is 0 Å². The lowest BCUT2D eigenvalue weighted by Crippen LogP contribution is -2.10. The first-order valence-electron chi connectivity index (χ1n) is 8.17. The molecule has 3 nitrogen and oxygen atoms in total. The molecule has 128 valence electrons. The van der Waals surface area contributed by atoms with Gasteiger partial charge in [-0.25, -0.2) is 4.39 Å². The smallest absolute Gasteiger partial charge is 0.310 e. The van der Waals surface area contributed by atoms with Gasteiger partial charge in [0.05, 0.1) is 5.56 Å². The minimum Gasteiger partial charge on any atom is -0.488 e. The molecule has 0 bridgehead atoms. The van der Waals surface area contributed by atoms with Gasteiger partial charge in [0.15, 0.2) is 0 Å². The molecular formula is C20H23FO3. The maximum Gasteiger partial charge on any atom is 0.310 e. The van der Waals surface area contributed by atoms with E-state index >= 15 is 0 Å². The summed E-state index contributed by atoms with van der Waals surface area (Å²) in [4.78, 5) is 11.5. The van der Waals surface area contributed by atoms with Gasteiger partial charge in [-0.3, -0.25) is 4.79 Å². The van der Waals surface area contributed by atoms with Gasteiger partial charge in [0, 0.05) is 6.42 Å². The maximum absolute atomic E-state index is 14.2. The van der Waals surface area contributed by atoms with E-state index in [-0.39, 0.29) is 24.3 Å². The molecule has 4 heteroatoms. The number of aryl methyl sites for hydroxylation is 3. The van der Waals surface area contributed by atoms with Gasteiger partial charge in [0.1, 0.15) is 23.9 Å². The summed E-state index contributed by atoms with van der Waals surface area (Å²) >= 11 is 0. The zero-order valence-corrected chi connectivity index (χ0v) is 14.6. The lowest BCUT2D eigenvalue weighted by Gasteiger charge is -2.15. The van der Waals surface area contributed by atoms with Crippen molar-refractivity contribution in [3.05, 3.63) is 58.4 Å². The number of hydrogen-bond acceptors (Lipinski definition) is 3. The van der Waals surface area contributed by atoms with Gasteiger partial charge in [-0.05, 0) is 55.2 Å². The summed E-state index contributed by atoms with van der Waals surface area (Å²) in [6, 6.07) is 8.49. The summed E-state index contributed by atoms with van der Waals surface area (Å²) in [5, 5.41) is 0. The van der Waals surface area contributed by atoms with Crippen LogP contribution < -0.4 is 9.47 Å². The van der Waals surface area contributed by atoms with Crippen LogP contribution in [0.25, 0.3) is 0 Å². The Morgan fingerprint density at radius 2 is 1.79 bits per heavy atom. The molecule has 0 saturated carbocycles. The quantitative estimate of drug-likeness (QED) is 0.558. The van der Waals surface area contributed by atoms with Crippen LogP contribution in [0.15, 0.2) is 30.3 Å². The van der Waals surface area contributed by atoms with Crippen molar-refractivity contribution in [1.82, 2.24) is 0 Å². The molecule has 0 saturated heterocycles. The predicted octanol–water partition coefficient (Wildman–Crippen LogP) is 4.90. The van der Waals surface area contributed by atoms with Crippen molar-refractivity contribution in [3.8, 4) is 11.5 Å². The molecule has 0 aliphatic heterocycles. The van der Waals surface area contributed by atoms with Crippen molar-refractivity contribution in [3.63, 3.8) is 0 Å². The Kier molecular flexibility index (Phi) is 5.96. The van der Waals surface area contributed by atoms with Crippen molar-refractivity contribution in [1.29, 1.82) is 0 Å². The zero-order chi connectivity index (χ0) is 17.7. The average molecular weight is 330 g/mol. The van der Waals surface area contributed by atoms with E-state index in [1.54, 1.807) is 13.0 Å². The largest absolute Gasteiger partial charge is 0.488 e. The van der Waals surface area contributed by atoms with E-state index in [9.17, 15) is 9.18 Å². The van der Waals surface area contributed by atoms with Crippen LogP contribution >= 0.6 is 0 Å². The van der Waals surface area contributed by atoms with E-state index < -0.39 is 11.8 Å². The van der Waals surface area contributed by atoms with Crippen LogP contribution in [0.1, 0.15) is 42.5 Å². The average Bonchev–Trinajstić information content (AvgIpc) is 2.56. The molecule has 0 N–H and O–H groups in total. The molecule has 0 amide bonds. The van der Waals surface area contributed by atoms with E-state index in [1.807, 2.05) is 13.0 Å². The third-order valence-electron chi connectivity index (χ3n) is 4.02. The molecular weight excluding hydrogens is 307 g/mol. The summed E-state index contributed by atoms with van der Waals surface area (Å²) in [5.41, 5.74) is 3.64. The van der Waals surface area contributed by atoms with Crippen molar-refractivity contribution in [2.45, 2.75) is 47.1 Å². The normalized spacial score (nSPS) is 10.5. The first-order valence-corrected chi connectivity index (χ1v) is 8.17. The molecule has 0 aromatic heterocycles. The molecule has 0 spiro atoms. The summed E-state index contributed by atoms with van der Waals surface area (Å²) in [5.74, 6) is 0.0981. The number of esters is 1. The molecule has 0 fully saturated rings. The number of benzene rings is 2. The third kappa shape index (κ3) is 4.13. The number of ether oxygens (including phenoxy) is 2. The summed E-state index contributed by atoms with van der Waals surface area (Å²) in [6.07, 6.45) is 1.05. The Morgan fingerprint density at radius 3 is 2.46 bits per heavy atom. The van der Waals surface area contributed by atoms with Gasteiger partial charge in [-0.2, -0.15) is 0 Å². The molecule has 0 aliphatic rings. The first kappa shape index (κ1) is 18.0. The molecule has 0 atom stereocenters. The minimum atomic E-state index is -0.446. The fourth-order valence-electron chi connectivity index (χ4n) is 2.38. The van der Waals surface area contributed by atoms with E-state index in [0.717, 1.165) is 23.3 Å². The Morgan fingerprint density at radius 1 is 1.08 bits per heavy atom. The minimum absolute atomic E-state index is 0.00843. The van der Waals surface area contributed by atoms with Gasteiger partial charge in [0.25, 0.3) is 0 Å². The molecule has 0 unspecified atom stereocenters. The van der Waals surface area contributed by atoms with Crippen molar-refractivity contribution in [2.24, 2.45) is 0 Å². The molecule has 2 rings (SSSR count). The van der Waals surface area contributed by atoms with Gasteiger partial charge in [-0.1, -0.05) is 26.0 Å². The third-order valence-corrected chi connectivity index (χ3v) is 4.02. The van der Waals surface area contributed by atoms with Crippen LogP contribution in [-0.4, -0.2) is 5.97 Å². The van der Waals surface area contributed by atoms with Crippen LogP contribution in [-0.2, 0) is 17.8 Å². The number of rotatable bonds is 6. The number of hydrogen-bond donors (Lipinski definition) is 0. The van der Waals surface area contributed by atoms with Crippen LogP contribution in [0, 0.1) is 19.7 Å². The fraction of sp³-hybridized carbons (Fsp3) is 0.350. The highest BCUT2D eigenvalue weighted by molar-refractivity contribution is 5.72. The Balaban J connectivity index is 2.26. The van der Waals surface area contributed by atoms with E-state index in [1.165, 1.54) is 17.7 Å². The highest BCUT2D eigenvalue weighted by Gasteiger charge is 2.14. The van der Waals surface area contributed by atoms with Crippen LogP contribution in [0.4, 0.5) is 4.39 Å². The Bertz CT molecular complexity index is 738. The maximum atomic E-state index is 14.2. The Hall–Kier alpha value is -2.36. The van der Waals surface area contributed by atoms with Crippen molar-refractivity contribution in [2.75, 3.05) is 0 Å². The lowest BCUT2D eigenvalue weighted by atomic mass is 10.0. The fourth-order valence-corrected chi connectivity index (χ4v) is 2.38. The number of halogens is 1. The zero-order valence-electron chi connectivity index (χ0n) is 14.6. The van der Waals surface area contributed by atoms with Crippen LogP contribution in [0.2, 0.25) is 0 Å². The topological polar surface area (TPSA) is 35.5 Å². The standard InChI is InChI=1S/C20H23FO3/c1-5-15-10-13(3)14(4)11-19(15)23-12-16-17(21)8-7-9-18(16)24-20(22)6-2/h7-11H,5-6,12H2,1-4H3. The molecule has 24 heavy (non-hydrogen) atoms. The number of carbonyl (C=O) groups excluding carboxylic acids is 1. The SMILES string of the molecule is CCC(=O)Oc1cccc(F)c1COc1cc(C)c(C)cc1CC. The van der Waals surface area contributed by atoms with Crippen LogP contribution in [0.5, 0.6) is 11.5 Å². The van der Waals surface area contributed by atoms with Crippen LogP contribution in [0.3, 0.4) is 0 Å². The number of carbonyl (C=O) groups is 1. The van der Waals surface area contributed by atoms with Crippen molar-refractivity contribution >= 4 is 5.97 Å². The highest BCUT2D eigenvalue weighted by Crippen LogP contribution is 2.28. The lowest BCUT2D eigenvalue weighted by molar-refractivity contribution is -0.134. The van der Waals surface area contributed by atoms with E-state index in [2.05, 4.69) is 19.9 Å². The summed E-state index contributed by atoms with van der Waals surface area (Å²) < 4.78 is 25.2. The van der Waals surface area contributed by atoms with E-state index in [4.69, 9.17) is 9.47 Å². The monoisotopic (exact) mass is 330 g/mol. The predicted molar refractivity (Wildman–Crippen MR) is 92.0 cm³/mol. The summed E-state index contributed by atoms with van der Waals surface area (Å²) in [6.45, 7) is 7.82. The van der Waals surface area contributed by atoms with E-state index in [0.29, 0.717) is 0 Å². The van der Waals surface area contributed by atoms with Gasteiger partial charge >= 0.3 is 5.97 Å². The Labute approximate surface area is 142 Å². The molecule has 0 aliphatic carbocycles.